The Morgan fingerprint density at radius 2 is 1.62 bits per heavy atom. The van der Waals surface area contributed by atoms with Crippen LogP contribution >= 0.6 is 0 Å². The van der Waals surface area contributed by atoms with E-state index in [1.165, 1.54) is 21.9 Å². The van der Waals surface area contributed by atoms with E-state index in [2.05, 4.69) is 67.6 Å². The van der Waals surface area contributed by atoms with E-state index in [-0.39, 0.29) is 0 Å². The first-order chi connectivity index (χ1) is 10.4. The molecule has 0 aliphatic rings. The van der Waals surface area contributed by atoms with Gasteiger partial charge in [-0.3, -0.25) is 0 Å². The number of hydrogen-bond acceptors (Lipinski definition) is 1. The van der Waals surface area contributed by atoms with Crippen LogP contribution in [0.3, 0.4) is 0 Å². The molecule has 0 atom stereocenters. The molecule has 0 fully saturated rings. The first-order valence-corrected chi connectivity index (χ1v) is 7.59. The fourth-order valence-electron chi connectivity index (χ4n) is 2.56. The van der Waals surface area contributed by atoms with Crippen LogP contribution in [0.1, 0.15) is 19.8 Å². The molecular weight excluding hydrogens is 256 g/mol. The van der Waals surface area contributed by atoms with Crippen molar-refractivity contribution in [2.45, 2.75) is 19.8 Å². The van der Waals surface area contributed by atoms with Crippen LogP contribution in [0.4, 0.5) is 0 Å². The maximum atomic E-state index is 5.92. The normalized spacial score (nSPS) is 10.7. The molecule has 3 aromatic carbocycles. The Morgan fingerprint density at radius 1 is 0.857 bits per heavy atom. The SMILES string of the molecule is CCCCOc1cc(-c2ccccc2)c2ccccc2c1. The number of fused-ring (bicyclic) bond motifs is 1. The number of rotatable bonds is 5. The van der Waals surface area contributed by atoms with Crippen molar-refractivity contribution in [1.29, 1.82) is 0 Å². The van der Waals surface area contributed by atoms with Gasteiger partial charge in [-0.25, -0.2) is 0 Å². The van der Waals surface area contributed by atoms with Gasteiger partial charge in [0.2, 0.25) is 0 Å². The van der Waals surface area contributed by atoms with Gasteiger partial charge in [-0.15, -0.1) is 0 Å². The quantitative estimate of drug-likeness (QED) is 0.544. The van der Waals surface area contributed by atoms with Crippen molar-refractivity contribution in [3.63, 3.8) is 0 Å². The molecule has 106 valence electrons. The van der Waals surface area contributed by atoms with Crippen LogP contribution in [0.5, 0.6) is 5.75 Å². The zero-order valence-corrected chi connectivity index (χ0v) is 12.4. The standard InChI is InChI=1S/C20H20O/c1-2-3-13-21-18-14-17-11-7-8-12-19(17)20(15-18)16-9-5-4-6-10-16/h4-12,14-15H,2-3,13H2,1H3. The van der Waals surface area contributed by atoms with E-state index in [4.69, 9.17) is 4.74 Å². The minimum atomic E-state index is 0.781. The van der Waals surface area contributed by atoms with Crippen molar-refractivity contribution in [2.24, 2.45) is 0 Å². The van der Waals surface area contributed by atoms with E-state index in [9.17, 15) is 0 Å². The summed E-state index contributed by atoms with van der Waals surface area (Å²) in [5.41, 5.74) is 2.47. The lowest BCUT2D eigenvalue weighted by Crippen LogP contribution is -1.97. The van der Waals surface area contributed by atoms with Crippen LogP contribution in [0.25, 0.3) is 21.9 Å². The second-order valence-electron chi connectivity index (χ2n) is 5.26. The third kappa shape index (κ3) is 3.08. The molecule has 0 aromatic heterocycles. The lowest BCUT2D eigenvalue weighted by molar-refractivity contribution is 0.310. The molecule has 3 rings (SSSR count). The van der Waals surface area contributed by atoms with Crippen LogP contribution < -0.4 is 4.74 Å². The van der Waals surface area contributed by atoms with Gasteiger partial charge in [0, 0.05) is 0 Å². The zero-order chi connectivity index (χ0) is 14.5. The van der Waals surface area contributed by atoms with Crippen LogP contribution in [-0.2, 0) is 0 Å². The number of ether oxygens (including phenoxy) is 1. The predicted molar refractivity (Wildman–Crippen MR) is 89.8 cm³/mol. The van der Waals surface area contributed by atoms with E-state index in [1.54, 1.807) is 0 Å². The molecule has 0 saturated carbocycles. The molecule has 0 amide bonds. The number of unbranched alkanes of at least 4 members (excludes halogenated alkanes) is 1. The highest BCUT2D eigenvalue weighted by atomic mass is 16.5. The average Bonchev–Trinajstić information content (AvgIpc) is 2.55. The molecule has 1 heteroatoms. The largest absolute Gasteiger partial charge is 0.494 e. The van der Waals surface area contributed by atoms with Gasteiger partial charge in [0.05, 0.1) is 6.61 Å². The maximum Gasteiger partial charge on any atom is 0.120 e. The van der Waals surface area contributed by atoms with Crippen LogP contribution in [0, 0.1) is 0 Å². The number of benzene rings is 3. The van der Waals surface area contributed by atoms with Crippen molar-refractivity contribution in [1.82, 2.24) is 0 Å². The fourth-order valence-corrected chi connectivity index (χ4v) is 2.56. The molecule has 1 nitrogen and oxygen atoms in total. The van der Waals surface area contributed by atoms with Gasteiger partial charge in [-0.1, -0.05) is 67.9 Å². The smallest absolute Gasteiger partial charge is 0.120 e. The molecule has 0 N–H and O–H groups in total. The van der Waals surface area contributed by atoms with Gasteiger partial charge >= 0.3 is 0 Å². The van der Waals surface area contributed by atoms with Crippen molar-refractivity contribution in [2.75, 3.05) is 6.61 Å². The van der Waals surface area contributed by atoms with E-state index in [1.807, 2.05) is 6.07 Å². The summed E-state index contributed by atoms with van der Waals surface area (Å²) in [6, 6.07) is 23.3. The van der Waals surface area contributed by atoms with Crippen LogP contribution in [0.2, 0.25) is 0 Å². The van der Waals surface area contributed by atoms with Crippen molar-refractivity contribution < 1.29 is 4.74 Å². The third-order valence-electron chi connectivity index (χ3n) is 3.69. The Labute approximate surface area is 126 Å². The van der Waals surface area contributed by atoms with Crippen molar-refractivity contribution in [3.05, 3.63) is 66.7 Å². The molecule has 0 radical (unpaired) electrons. The molecule has 0 aliphatic heterocycles. The lowest BCUT2D eigenvalue weighted by atomic mass is 9.98. The predicted octanol–water partition coefficient (Wildman–Crippen LogP) is 5.69. The van der Waals surface area contributed by atoms with Gasteiger partial charge in [0.1, 0.15) is 5.75 Å². The van der Waals surface area contributed by atoms with Crippen molar-refractivity contribution >= 4 is 10.8 Å². The monoisotopic (exact) mass is 276 g/mol. The Morgan fingerprint density at radius 3 is 2.43 bits per heavy atom. The summed E-state index contributed by atoms with van der Waals surface area (Å²) in [7, 11) is 0. The second kappa shape index (κ2) is 6.45. The first-order valence-electron chi connectivity index (χ1n) is 7.59. The summed E-state index contributed by atoms with van der Waals surface area (Å²) in [4.78, 5) is 0. The van der Waals surface area contributed by atoms with Gasteiger partial charge in [0.25, 0.3) is 0 Å². The molecule has 0 bridgehead atoms. The highest BCUT2D eigenvalue weighted by Gasteiger charge is 2.06. The fraction of sp³-hybridized carbons (Fsp3) is 0.200. The Balaban J connectivity index is 2.08. The summed E-state index contributed by atoms with van der Waals surface area (Å²) < 4.78 is 5.92. The molecule has 3 aromatic rings. The summed E-state index contributed by atoms with van der Waals surface area (Å²) in [5, 5.41) is 2.50. The van der Waals surface area contributed by atoms with Gasteiger partial charge in [-0.2, -0.15) is 0 Å². The topological polar surface area (TPSA) is 9.23 Å². The maximum absolute atomic E-state index is 5.92. The van der Waals surface area contributed by atoms with E-state index in [0.717, 1.165) is 25.2 Å². The minimum absolute atomic E-state index is 0.781. The Kier molecular flexibility index (Phi) is 4.20. The average molecular weight is 276 g/mol. The van der Waals surface area contributed by atoms with E-state index in [0.29, 0.717) is 0 Å². The van der Waals surface area contributed by atoms with E-state index < -0.39 is 0 Å². The first kappa shape index (κ1) is 13.7. The highest BCUT2D eigenvalue weighted by Crippen LogP contribution is 2.33. The number of hydrogen-bond donors (Lipinski definition) is 0. The molecular formula is C20H20O. The molecule has 0 aliphatic carbocycles. The second-order valence-corrected chi connectivity index (χ2v) is 5.26. The summed E-state index contributed by atoms with van der Waals surface area (Å²) in [6.07, 6.45) is 2.24. The lowest BCUT2D eigenvalue weighted by Gasteiger charge is -2.12. The summed E-state index contributed by atoms with van der Waals surface area (Å²) >= 11 is 0. The Bertz CT molecular complexity index is 716. The minimum Gasteiger partial charge on any atom is -0.494 e. The zero-order valence-electron chi connectivity index (χ0n) is 12.4. The van der Waals surface area contributed by atoms with Gasteiger partial charge in [-0.05, 0) is 40.5 Å². The summed E-state index contributed by atoms with van der Waals surface area (Å²) in [6.45, 7) is 2.96. The molecule has 0 unspecified atom stereocenters. The van der Waals surface area contributed by atoms with E-state index >= 15 is 0 Å². The molecule has 21 heavy (non-hydrogen) atoms. The Hall–Kier alpha value is -2.28. The van der Waals surface area contributed by atoms with Crippen molar-refractivity contribution in [3.8, 4) is 16.9 Å². The van der Waals surface area contributed by atoms with Gasteiger partial charge < -0.3 is 4.74 Å². The third-order valence-corrected chi connectivity index (χ3v) is 3.69. The van der Waals surface area contributed by atoms with Crippen LogP contribution in [-0.4, -0.2) is 6.61 Å². The van der Waals surface area contributed by atoms with Gasteiger partial charge in [0.15, 0.2) is 0 Å². The van der Waals surface area contributed by atoms with Crippen LogP contribution in [0.15, 0.2) is 66.7 Å². The summed E-state index contributed by atoms with van der Waals surface area (Å²) in [5.74, 6) is 0.959. The molecule has 0 saturated heterocycles. The molecule has 0 heterocycles. The molecule has 0 spiro atoms. The highest BCUT2D eigenvalue weighted by molar-refractivity contribution is 5.97.